The van der Waals surface area contributed by atoms with Crippen molar-refractivity contribution < 1.29 is 9.53 Å². The second-order valence-electron chi connectivity index (χ2n) is 6.11. The summed E-state index contributed by atoms with van der Waals surface area (Å²) in [6.45, 7) is 7.32. The lowest BCUT2D eigenvalue weighted by Gasteiger charge is -2.37. The first kappa shape index (κ1) is 16.4. The SMILES string of the molecule is CCC1CCCCCN1C(C)CC(C)(N)C(=O)OC. The van der Waals surface area contributed by atoms with E-state index >= 15 is 0 Å². The van der Waals surface area contributed by atoms with Gasteiger partial charge < -0.3 is 10.5 Å². The van der Waals surface area contributed by atoms with E-state index in [9.17, 15) is 4.79 Å². The summed E-state index contributed by atoms with van der Waals surface area (Å²) in [4.78, 5) is 14.2. The topological polar surface area (TPSA) is 55.6 Å². The number of nitrogens with two attached hydrogens (primary N) is 1. The van der Waals surface area contributed by atoms with Crippen LogP contribution in [-0.2, 0) is 9.53 Å². The first-order valence-electron chi connectivity index (χ1n) is 7.55. The van der Waals surface area contributed by atoms with Crippen LogP contribution in [0.5, 0.6) is 0 Å². The Morgan fingerprint density at radius 1 is 1.47 bits per heavy atom. The summed E-state index contributed by atoms with van der Waals surface area (Å²) in [5.74, 6) is -0.317. The minimum Gasteiger partial charge on any atom is -0.468 e. The number of hydrogen-bond donors (Lipinski definition) is 1. The Labute approximate surface area is 117 Å². The number of hydrogen-bond acceptors (Lipinski definition) is 4. The molecular formula is C15H30N2O2. The van der Waals surface area contributed by atoms with Gasteiger partial charge in [-0.15, -0.1) is 0 Å². The molecule has 3 atom stereocenters. The van der Waals surface area contributed by atoms with Crippen LogP contribution in [0.25, 0.3) is 0 Å². The molecule has 3 unspecified atom stereocenters. The van der Waals surface area contributed by atoms with Gasteiger partial charge in [-0.3, -0.25) is 9.69 Å². The second-order valence-corrected chi connectivity index (χ2v) is 6.11. The molecule has 0 bridgehead atoms. The highest BCUT2D eigenvalue weighted by Gasteiger charge is 2.34. The number of ether oxygens (including phenoxy) is 1. The predicted molar refractivity (Wildman–Crippen MR) is 77.9 cm³/mol. The Bertz CT molecular complexity index is 292. The summed E-state index contributed by atoms with van der Waals surface area (Å²) < 4.78 is 4.80. The van der Waals surface area contributed by atoms with E-state index in [-0.39, 0.29) is 5.97 Å². The lowest BCUT2D eigenvalue weighted by atomic mass is 9.93. The van der Waals surface area contributed by atoms with Crippen LogP contribution in [0, 0.1) is 0 Å². The fourth-order valence-corrected chi connectivity index (χ4v) is 3.27. The monoisotopic (exact) mass is 270 g/mol. The summed E-state index contributed by atoms with van der Waals surface area (Å²) in [7, 11) is 1.40. The van der Waals surface area contributed by atoms with Crippen molar-refractivity contribution in [2.24, 2.45) is 5.73 Å². The molecule has 0 aromatic heterocycles. The number of methoxy groups -OCH3 is 1. The van der Waals surface area contributed by atoms with Crippen molar-refractivity contribution in [1.29, 1.82) is 0 Å². The number of carbonyl (C=O) groups is 1. The highest BCUT2D eigenvalue weighted by atomic mass is 16.5. The van der Waals surface area contributed by atoms with Gasteiger partial charge in [0.25, 0.3) is 0 Å². The molecule has 4 heteroatoms. The number of carbonyl (C=O) groups excluding carboxylic acids is 1. The van der Waals surface area contributed by atoms with E-state index < -0.39 is 5.54 Å². The molecule has 1 rings (SSSR count). The largest absolute Gasteiger partial charge is 0.468 e. The Morgan fingerprint density at radius 2 is 2.16 bits per heavy atom. The van der Waals surface area contributed by atoms with Crippen LogP contribution in [-0.4, -0.2) is 42.1 Å². The van der Waals surface area contributed by atoms with Gasteiger partial charge in [0.2, 0.25) is 0 Å². The first-order valence-corrected chi connectivity index (χ1v) is 7.55. The van der Waals surface area contributed by atoms with Crippen molar-refractivity contribution in [3.8, 4) is 0 Å². The number of rotatable bonds is 5. The molecule has 1 fully saturated rings. The van der Waals surface area contributed by atoms with Crippen LogP contribution in [0.2, 0.25) is 0 Å². The third-order valence-electron chi connectivity index (χ3n) is 4.33. The van der Waals surface area contributed by atoms with Crippen molar-refractivity contribution >= 4 is 5.97 Å². The van der Waals surface area contributed by atoms with Gasteiger partial charge in [-0.2, -0.15) is 0 Å². The van der Waals surface area contributed by atoms with Crippen molar-refractivity contribution in [2.45, 2.75) is 76.9 Å². The maximum Gasteiger partial charge on any atom is 0.325 e. The smallest absolute Gasteiger partial charge is 0.325 e. The van der Waals surface area contributed by atoms with Crippen molar-refractivity contribution in [1.82, 2.24) is 4.90 Å². The molecule has 1 aliphatic heterocycles. The Balaban J connectivity index is 2.68. The Kier molecular flexibility index (Phi) is 6.27. The molecule has 2 N–H and O–H groups in total. The van der Waals surface area contributed by atoms with E-state index in [1.165, 1.54) is 39.2 Å². The van der Waals surface area contributed by atoms with Crippen LogP contribution in [0.1, 0.15) is 59.3 Å². The van der Waals surface area contributed by atoms with Gasteiger partial charge in [-0.25, -0.2) is 0 Å². The highest BCUT2D eigenvalue weighted by Crippen LogP contribution is 2.25. The quantitative estimate of drug-likeness (QED) is 0.779. The van der Waals surface area contributed by atoms with Gasteiger partial charge in [-0.05, 0) is 46.1 Å². The minimum absolute atomic E-state index is 0.317. The van der Waals surface area contributed by atoms with E-state index in [4.69, 9.17) is 10.5 Å². The third-order valence-corrected chi connectivity index (χ3v) is 4.33. The van der Waals surface area contributed by atoms with Crippen LogP contribution >= 0.6 is 0 Å². The van der Waals surface area contributed by atoms with Crippen LogP contribution < -0.4 is 5.73 Å². The lowest BCUT2D eigenvalue weighted by Crippen LogP contribution is -2.52. The second kappa shape index (κ2) is 7.25. The molecule has 0 spiro atoms. The average molecular weight is 270 g/mol. The Morgan fingerprint density at radius 3 is 2.74 bits per heavy atom. The molecule has 0 saturated carbocycles. The van der Waals surface area contributed by atoms with E-state index in [0.717, 1.165) is 6.54 Å². The molecule has 4 nitrogen and oxygen atoms in total. The highest BCUT2D eigenvalue weighted by molar-refractivity contribution is 5.79. The van der Waals surface area contributed by atoms with Gasteiger partial charge in [0.05, 0.1) is 7.11 Å². The summed E-state index contributed by atoms with van der Waals surface area (Å²) in [6.07, 6.45) is 6.97. The zero-order valence-corrected chi connectivity index (χ0v) is 12.9. The van der Waals surface area contributed by atoms with E-state index in [2.05, 4.69) is 18.7 Å². The zero-order chi connectivity index (χ0) is 14.5. The van der Waals surface area contributed by atoms with E-state index in [1.54, 1.807) is 6.92 Å². The first-order chi connectivity index (χ1) is 8.92. The molecule has 0 aromatic carbocycles. The van der Waals surface area contributed by atoms with E-state index in [0.29, 0.717) is 18.5 Å². The summed E-state index contributed by atoms with van der Waals surface area (Å²) in [5, 5.41) is 0. The van der Waals surface area contributed by atoms with Crippen LogP contribution in [0.15, 0.2) is 0 Å². The molecular weight excluding hydrogens is 240 g/mol. The maximum atomic E-state index is 11.7. The average Bonchev–Trinajstić information content (AvgIpc) is 2.61. The van der Waals surface area contributed by atoms with Gasteiger partial charge in [0.1, 0.15) is 5.54 Å². The van der Waals surface area contributed by atoms with Gasteiger partial charge in [-0.1, -0.05) is 19.8 Å². The molecule has 0 aromatic rings. The molecule has 0 aliphatic carbocycles. The number of esters is 1. The lowest BCUT2D eigenvalue weighted by molar-refractivity contribution is -0.147. The molecule has 112 valence electrons. The van der Waals surface area contributed by atoms with Crippen LogP contribution in [0.3, 0.4) is 0 Å². The molecule has 1 saturated heterocycles. The third kappa shape index (κ3) is 4.46. The molecule has 0 radical (unpaired) electrons. The molecule has 0 amide bonds. The fraction of sp³-hybridized carbons (Fsp3) is 0.933. The van der Waals surface area contributed by atoms with Gasteiger partial charge in [0, 0.05) is 12.1 Å². The van der Waals surface area contributed by atoms with E-state index in [1.807, 2.05) is 0 Å². The number of nitrogens with zero attached hydrogens (tertiary/aromatic N) is 1. The standard InChI is InChI=1S/C15H30N2O2/c1-5-13-9-7-6-8-10-17(13)12(2)11-15(3,16)14(18)19-4/h12-13H,5-11,16H2,1-4H3. The molecule has 1 aliphatic rings. The minimum atomic E-state index is -0.890. The summed E-state index contributed by atoms with van der Waals surface area (Å²) >= 11 is 0. The van der Waals surface area contributed by atoms with Gasteiger partial charge >= 0.3 is 5.97 Å². The van der Waals surface area contributed by atoms with Crippen molar-refractivity contribution in [3.05, 3.63) is 0 Å². The van der Waals surface area contributed by atoms with Crippen molar-refractivity contribution in [2.75, 3.05) is 13.7 Å². The zero-order valence-electron chi connectivity index (χ0n) is 12.9. The van der Waals surface area contributed by atoms with Gasteiger partial charge in [0.15, 0.2) is 0 Å². The summed E-state index contributed by atoms with van der Waals surface area (Å²) in [6, 6.07) is 0.947. The molecule has 1 heterocycles. The van der Waals surface area contributed by atoms with Crippen LogP contribution in [0.4, 0.5) is 0 Å². The fourth-order valence-electron chi connectivity index (χ4n) is 3.27. The van der Waals surface area contributed by atoms with Crippen molar-refractivity contribution in [3.63, 3.8) is 0 Å². The molecule has 19 heavy (non-hydrogen) atoms. The predicted octanol–water partition coefficient (Wildman–Crippen LogP) is 2.31. The summed E-state index contributed by atoms with van der Waals surface area (Å²) in [5.41, 5.74) is 5.21. The normalized spacial score (nSPS) is 26.3. The maximum absolute atomic E-state index is 11.7. The Hall–Kier alpha value is -0.610. The number of likely N-dealkylation sites (tertiary alicyclic amines) is 1.